The second kappa shape index (κ2) is 3.23. The van der Waals surface area contributed by atoms with Crippen molar-refractivity contribution in [3.63, 3.8) is 0 Å². The molecular weight excluding hydrogens is 168 g/mol. The summed E-state index contributed by atoms with van der Waals surface area (Å²) in [6.07, 6.45) is 4.26. The smallest absolute Gasteiger partial charge is 0.175 e. The molecule has 2 fully saturated rings. The molecule has 1 unspecified atom stereocenters. The predicted molar refractivity (Wildman–Crippen MR) is 48.3 cm³/mol. The van der Waals surface area contributed by atoms with Crippen LogP contribution in [-0.2, 0) is 9.47 Å². The van der Waals surface area contributed by atoms with Crippen molar-refractivity contribution in [1.82, 2.24) is 0 Å². The first-order valence-corrected chi connectivity index (χ1v) is 5.11. The van der Waals surface area contributed by atoms with Gasteiger partial charge in [-0.15, -0.1) is 0 Å². The van der Waals surface area contributed by atoms with Gasteiger partial charge in [-0.2, -0.15) is 0 Å². The molecule has 1 spiro atoms. The van der Waals surface area contributed by atoms with Gasteiger partial charge in [-0.3, -0.25) is 0 Å². The molecule has 1 aliphatic carbocycles. The van der Waals surface area contributed by atoms with Crippen LogP contribution < -0.4 is 0 Å². The average molecular weight is 186 g/mol. The van der Waals surface area contributed by atoms with Crippen molar-refractivity contribution in [2.75, 3.05) is 19.8 Å². The Hall–Kier alpha value is -0.120. The van der Waals surface area contributed by atoms with Crippen molar-refractivity contribution in [3.8, 4) is 0 Å². The van der Waals surface area contributed by atoms with Gasteiger partial charge in [0.1, 0.15) is 0 Å². The minimum atomic E-state index is -0.472. The summed E-state index contributed by atoms with van der Waals surface area (Å²) >= 11 is 0. The normalized spacial score (nSPS) is 38.3. The van der Waals surface area contributed by atoms with E-state index >= 15 is 0 Å². The molecule has 0 amide bonds. The molecule has 3 heteroatoms. The minimum Gasteiger partial charge on any atom is -0.396 e. The van der Waals surface area contributed by atoms with E-state index in [-0.39, 0.29) is 12.0 Å². The van der Waals surface area contributed by atoms with Gasteiger partial charge in [0.2, 0.25) is 0 Å². The Kier molecular flexibility index (Phi) is 2.34. The second-order valence-corrected chi connectivity index (χ2v) is 4.38. The molecule has 1 atom stereocenters. The Morgan fingerprint density at radius 3 is 2.38 bits per heavy atom. The first kappa shape index (κ1) is 9.44. The SMILES string of the molecule is CC1(CO)CCCCC12OCCO2. The van der Waals surface area contributed by atoms with Crippen LogP contribution in [-0.4, -0.2) is 30.7 Å². The fraction of sp³-hybridized carbons (Fsp3) is 1.00. The van der Waals surface area contributed by atoms with Crippen molar-refractivity contribution in [2.45, 2.75) is 38.4 Å². The van der Waals surface area contributed by atoms with Crippen LogP contribution >= 0.6 is 0 Å². The lowest BCUT2D eigenvalue weighted by atomic mass is 9.71. The molecule has 1 heterocycles. The molecule has 3 nitrogen and oxygen atoms in total. The summed E-state index contributed by atoms with van der Waals surface area (Å²) in [6, 6.07) is 0. The second-order valence-electron chi connectivity index (χ2n) is 4.38. The molecule has 0 bridgehead atoms. The van der Waals surface area contributed by atoms with Gasteiger partial charge < -0.3 is 14.6 Å². The Morgan fingerprint density at radius 1 is 1.15 bits per heavy atom. The van der Waals surface area contributed by atoms with E-state index in [0.29, 0.717) is 13.2 Å². The van der Waals surface area contributed by atoms with E-state index in [0.717, 1.165) is 19.3 Å². The van der Waals surface area contributed by atoms with Crippen LogP contribution in [0.5, 0.6) is 0 Å². The lowest BCUT2D eigenvalue weighted by Crippen LogP contribution is -2.52. The first-order chi connectivity index (χ1) is 6.22. The zero-order valence-electron chi connectivity index (χ0n) is 8.21. The van der Waals surface area contributed by atoms with Crippen LogP contribution in [0.4, 0.5) is 0 Å². The maximum Gasteiger partial charge on any atom is 0.175 e. The van der Waals surface area contributed by atoms with Crippen LogP contribution in [0.3, 0.4) is 0 Å². The van der Waals surface area contributed by atoms with Gasteiger partial charge in [-0.25, -0.2) is 0 Å². The summed E-state index contributed by atoms with van der Waals surface area (Å²) in [7, 11) is 0. The zero-order valence-corrected chi connectivity index (χ0v) is 8.21. The summed E-state index contributed by atoms with van der Waals surface area (Å²) < 4.78 is 11.4. The monoisotopic (exact) mass is 186 g/mol. The molecule has 0 aromatic rings. The topological polar surface area (TPSA) is 38.7 Å². The lowest BCUT2D eigenvalue weighted by molar-refractivity contribution is -0.259. The van der Waals surface area contributed by atoms with Crippen molar-refractivity contribution in [1.29, 1.82) is 0 Å². The third-order valence-electron chi connectivity index (χ3n) is 3.51. The number of hydrogen-bond acceptors (Lipinski definition) is 3. The van der Waals surface area contributed by atoms with Crippen molar-refractivity contribution >= 4 is 0 Å². The summed E-state index contributed by atoms with van der Waals surface area (Å²) in [5.41, 5.74) is -0.193. The lowest BCUT2D eigenvalue weighted by Gasteiger charge is -2.46. The summed E-state index contributed by atoms with van der Waals surface area (Å²) in [6.45, 7) is 3.58. The Morgan fingerprint density at radius 2 is 1.77 bits per heavy atom. The van der Waals surface area contributed by atoms with Gasteiger partial charge >= 0.3 is 0 Å². The van der Waals surface area contributed by atoms with Gasteiger partial charge in [-0.05, 0) is 12.8 Å². The highest BCUT2D eigenvalue weighted by Gasteiger charge is 2.53. The summed E-state index contributed by atoms with van der Waals surface area (Å²) in [5, 5.41) is 9.42. The van der Waals surface area contributed by atoms with Crippen LogP contribution in [0.2, 0.25) is 0 Å². The van der Waals surface area contributed by atoms with Gasteiger partial charge in [0.15, 0.2) is 5.79 Å². The fourth-order valence-corrected chi connectivity index (χ4v) is 2.51. The quantitative estimate of drug-likeness (QED) is 0.671. The molecule has 76 valence electrons. The summed E-state index contributed by atoms with van der Waals surface area (Å²) in [4.78, 5) is 0. The van der Waals surface area contributed by atoms with Crippen LogP contribution in [0.1, 0.15) is 32.6 Å². The van der Waals surface area contributed by atoms with Gasteiger partial charge in [-0.1, -0.05) is 13.3 Å². The molecule has 0 radical (unpaired) electrons. The van der Waals surface area contributed by atoms with E-state index in [4.69, 9.17) is 9.47 Å². The Labute approximate surface area is 79.0 Å². The number of rotatable bonds is 1. The van der Waals surface area contributed by atoms with Crippen molar-refractivity contribution < 1.29 is 14.6 Å². The molecule has 2 aliphatic rings. The number of ether oxygens (including phenoxy) is 2. The molecule has 1 aliphatic heterocycles. The van der Waals surface area contributed by atoms with E-state index in [1.165, 1.54) is 6.42 Å². The van der Waals surface area contributed by atoms with E-state index < -0.39 is 5.79 Å². The zero-order chi connectivity index (χ0) is 9.36. The van der Waals surface area contributed by atoms with Crippen LogP contribution in [0.25, 0.3) is 0 Å². The third kappa shape index (κ3) is 1.30. The Balaban J connectivity index is 2.21. The third-order valence-corrected chi connectivity index (χ3v) is 3.51. The molecular formula is C10H18O3. The maximum absolute atomic E-state index is 9.42. The molecule has 0 aromatic heterocycles. The largest absolute Gasteiger partial charge is 0.396 e. The molecule has 2 rings (SSSR count). The molecule has 1 N–H and O–H groups in total. The highest BCUT2D eigenvalue weighted by Crippen LogP contribution is 2.48. The van der Waals surface area contributed by atoms with Crippen molar-refractivity contribution in [3.05, 3.63) is 0 Å². The maximum atomic E-state index is 9.42. The first-order valence-electron chi connectivity index (χ1n) is 5.11. The van der Waals surface area contributed by atoms with E-state index in [1.807, 2.05) is 0 Å². The van der Waals surface area contributed by atoms with Gasteiger partial charge in [0, 0.05) is 11.8 Å². The fourth-order valence-electron chi connectivity index (χ4n) is 2.51. The molecule has 1 saturated carbocycles. The molecule has 0 aromatic carbocycles. The van der Waals surface area contributed by atoms with E-state index in [2.05, 4.69) is 6.92 Å². The number of aliphatic hydroxyl groups excluding tert-OH is 1. The Bertz CT molecular complexity index is 187. The molecule has 1 saturated heterocycles. The average Bonchev–Trinajstić information content (AvgIpc) is 2.61. The number of hydrogen-bond donors (Lipinski definition) is 1. The van der Waals surface area contributed by atoms with Gasteiger partial charge in [0.25, 0.3) is 0 Å². The van der Waals surface area contributed by atoms with Gasteiger partial charge in [0.05, 0.1) is 19.8 Å². The summed E-state index contributed by atoms with van der Waals surface area (Å²) in [5.74, 6) is -0.472. The standard InChI is InChI=1S/C10H18O3/c1-9(8-11)4-2-3-5-10(9)12-6-7-13-10/h11H,2-8H2,1H3. The highest BCUT2D eigenvalue weighted by molar-refractivity contribution is 4.95. The van der Waals surface area contributed by atoms with Crippen LogP contribution in [0.15, 0.2) is 0 Å². The number of aliphatic hydroxyl groups is 1. The minimum absolute atomic E-state index is 0.160. The molecule has 13 heavy (non-hydrogen) atoms. The predicted octanol–water partition coefficient (Wildman–Crippen LogP) is 1.30. The van der Waals surface area contributed by atoms with Crippen molar-refractivity contribution in [2.24, 2.45) is 5.41 Å². The highest BCUT2D eigenvalue weighted by atomic mass is 16.7. The van der Waals surface area contributed by atoms with E-state index in [9.17, 15) is 5.11 Å². The van der Waals surface area contributed by atoms with Crippen LogP contribution in [0, 0.1) is 5.41 Å². The van der Waals surface area contributed by atoms with E-state index in [1.54, 1.807) is 0 Å².